The number of anilines is 1. The summed E-state index contributed by atoms with van der Waals surface area (Å²) in [5, 5.41) is 15.0. The number of aliphatic carboxylic acids is 1. The summed E-state index contributed by atoms with van der Waals surface area (Å²) in [6, 6.07) is 7.03. The molecule has 2 aromatic rings. The van der Waals surface area contributed by atoms with Crippen LogP contribution in [0.15, 0.2) is 36.7 Å². The van der Waals surface area contributed by atoms with Crippen LogP contribution in [0.5, 0.6) is 0 Å². The Hall–Kier alpha value is -2.71. The SMILES string of the molecule is COC(CC(N)=O)N1C[C@H](Nc2ccc3cnccc3c2)C[C@H]1C(=O)O. The molecule has 1 saturated heterocycles. The Kier molecular flexibility index (Phi) is 5.34. The van der Waals surface area contributed by atoms with Crippen LogP contribution in [0.2, 0.25) is 0 Å². The molecular weight excluding hydrogens is 336 g/mol. The first-order chi connectivity index (χ1) is 12.5. The number of pyridine rings is 1. The number of likely N-dealkylation sites (tertiary alicyclic amines) is 1. The zero-order chi connectivity index (χ0) is 18.7. The number of amides is 1. The van der Waals surface area contributed by atoms with Gasteiger partial charge in [0.2, 0.25) is 5.91 Å². The van der Waals surface area contributed by atoms with E-state index in [1.165, 1.54) is 7.11 Å². The molecule has 26 heavy (non-hydrogen) atoms. The van der Waals surface area contributed by atoms with Gasteiger partial charge in [-0.1, -0.05) is 6.07 Å². The summed E-state index contributed by atoms with van der Waals surface area (Å²) in [6.07, 6.45) is 3.24. The maximum Gasteiger partial charge on any atom is 0.321 e. The van der Waals surface area contributed by atoms with Gasteiger partial charge in [-0.05, 0) is 30.0 Å². The van der Waals surface area contributed by atoms with Gasteiger partial charge in [0, 0.05) is 43.2 Å². The van der Waals surface area contributed by atoms with Crippen molar-refractivity contribution in [2.24, 2.45) is 5.73 Å². The van der Waals surface area contributed by atoms with Crippen molar-refractivity contribution in [3.8, 4) is 0 Å². The number of fused-ring (bicyclic) bond motifs is 1. The summed E-state index contributed by atoms with van der Waals surface area (Å²) in [5.74, 6) is -1.47. The first-order valence-electron chi connectivity index (χ1n) is 8.38. The standard InChI is InChI=1S/C18H22N4O4/c1-26-17(8-16(19)23)22-10-14(7-15(22)18(24)25)21-13-3-2-12-9-20-5-4-11(12)6-13/h2-6,9,14-15,17,21H,7-8,10H2,1H3,(H2,19,23)(H,24,25)/t14-,15+,17?/m1/s1. The van der Waals surface area contributed by atoms with E-state index in [0.717, 1.165) is 16.5 Å². The number of benzene rings is 1. The van der Waals surface area contributed by atoms with E-state index in [2.05, 4.69) is 10.3 Å². The number of carbonyl (C=O) groups is 2. The van der Waals surface area contributed by atoms with Gasteiger partial charge in [-0.3, -0.25) is 19.5 Å². The van der Waals surface area contributed by atoms with Crippen molar-refractivity contribution < 1.29 is 19.4 Å². The molecule has 2 heterocycles. The van der Waals surface area contributed by atoms with E-state index >= 15 is 0 Å². The molecular formula is C18H22N4O4. The van der Waals surface area contributed by atoms with Crippen molar-refractivity contribution in [3.63, 3.8) is 0 Å². The van der Waals surface area contributed by atoms with Crippen molar-refractivity contribution in [1.29, 1.82) is 0 Å². The third-order valence-electron chi connectivity index (χ3n) is 4.65. The Morgan fingerprint density at radius 2 is 2.23 bits per heavy atom. The van der Waals surface area contributed by atoms with Gasteiger partial charge in [0.1, 0.15) is 12.3 Å². The monoisotopic (exact) mass is 358 g/mol. The molecule has 8 nitrogen and oxygen atoms in total. The number of carboxylic acids is 1. The van der Waals surface area contributed by atoms with Crippen LogP contribution in [0.1, 0.15) is 12.8 Å². The minimum Gasteiger partial charge on any atom is -0.480 e. The second-order valence-corrected chi connectivity index (χ2v) is 6.43. The lowest BCUT2D eigenvalue weighted by atomic mass is 10.1. The molecule has 1 aromatic carbocycles. The van der Waals surface area contributed by atoms with E-state index in [1.807, 2.05) is 24.3 Å². The van der Waals surface area contributed by atoms with Crippen LogP contribution in [-0.4, -0.2) is 58.8 Å². The number of ether oxygens (including phenoxy) is 1. The van der Waals surface area contributed by atoms with Gasteiger partial charge in [0.25, 0.3) is 0 Å². The highest BCUT2D eigenvalue weighted by atomic mass is 16.5. The van der Waals surface area contributed by atoms with Gasteiger partial charge >= 0.3 is 5.97 Å². The largest absolute Gasteiger partial charge is 0.480 e. The molecule has 1 unspecified atom stereocenters. The summed E-state index contributed by atoms with van der Waals surface area (Å²) < 4.78 is 5.31. The van der Waals surface area contributed by atoms with Crippen LogP contribution in [0.25, 0.3) is 10.8 Å². The molecule has 1 aromatic heterocycles. The van der Waals surface area contributed by atoms with Gasteiger partial charge in [-0.25, -0.2) is 0 Å². The van der Waals surface area contributed by atoms with E-state index in [-0.39, 0.29) is 12.5 Å². The van der Waals surface area contributed by atoms with Gasteiger partial charge in [-0.15, -0.1) is 0 Å². The Bertz CT molecular complexity index is 813. The van der Waals surface area contributed by atoms with Crippen LogP contribution in [0.4, 0.5) is 5.69 Å². The maximum atomic E-state index is 11.6. The number of hydrogen-bond acceptors (Lipinski definition) is 6. The molecule has 1 fully saturated rings. The minimum absolute atomic E-state index is 0.0457. The number of methoxy groups -OCH3 is 1. The fourth-order valence-corrected chi connectivity index (χ4v) is 3.44. The van der Waals surface area contributed by atoms with Crippen molar-refractivity contribution >= 4 is 28.3 Å². The quantitative estimate of drug-likeness (QED) is 0.676. The van der Waals surface area contributed by atoms with Gasteiger partial charge in [0.15, 0.2) is 0 Å². The fourth-order valence-electron chi connectivity index (χ4n) is 3.44. The van der Waals surface area contributed by atoms with Crippen LogP contribution in [-0.2, 0) is 14.3 Å². The molecule has 138 valence electrons. The van der Waals surface area contributed by atoms with E-state index in [1.54, 1.807) is 17.3 Å². The van der Waals surface area contributed by atoms with Crippen molar-refractivity contribution in [3.05, 3.63) is 36.7 Å². The molecule has 0 radical (unpaired) electrons. The normalized spacial score (nSPS) is 21.6. The molecule has 0 spiro atoms. The number of carbonyl (C=O) groups excluding carboxylic acids is 1. The third kappa shape index (κ3) is 3.92. The highest BCUT2D eigenvalue weighted by molar-refractivity contribution is 5.85. The van der Waals surface area contributed by atoms with Crippen LogP contribution in [0, 0.1) is 0 Å². The smallest absolute Gasteiger partial charge is 0.321 e. The number of carboxylic acid groups (broad SMARTS) is 1. The zero-order valence-corrected chi connectivity index (χ0v) is 14.5. The highest BCUT2D eigenvalue weighted by Crippen LogP contribution is 2.26. The topological polar surface area (TPSA) is 118 Å². The first kappa shape index (κ1) is 18.1. The molecule has 0 aliphatic carbocycles. The number of nitrogens with zero attached hydrogens (tertiary/aromatic N) is 2. The van der Waals surface area contributed by atoms with E-state index < -0.39 is 24.1 Å². The maximum absolute atomic E-state index is 11.6. The number of hydrogen-bond donors (Lipinski definition) is 3. The van der Waals surface area contributed by atoms with E-state index in [9.17, 15) is 14.7 Å². The number of nitrogens with one attached hydrogen (secondary N) is 1. The molecule has 1 aliphatic rings. The second kappa shape index (κ2) is 7.67. The fraction of sp³-hybridized carbons (Fsp3) is 0.389. The van der Waals surface area contributed by atoms with Crippen LogP contribution in [0.3, 0.4) is 0 Å². The number of aromatic nitrogens is 1. The number of nitrogens with two attached hydrogens (primary N) is 1. The van der Waals surface area contributed by atoms with Crippen molar-refractivity contribution in [2.75, 3.05) is 19.0 Å². The molecule has 0 bridgehead atoms. The Labute approximate surface area is 150 Å². The zero-order valence-electron chi connectivity index (χ0n) is 14.5. The Balaban J connectivity index is 1.75. The lowest BCUT2D eigenvalue weighted by Gasteiger charge is -2.29. The number of primary amides is 1. The average molecular weight is 358 g/mol. The molecule has 3 atom stereocenters. The lowest BCUT2D eigenvalue weighted by Crippen LogP contribution is -2.46. The van der Waals surface area contributed by atoms with E-state index in [4.69, 9.17) is 10.5 Å². The molecule has 1 amide bonds. The van der Waals surface area contributed by atoms with Crippen LogP contribution >= 0.6 is 0 Å². The average Bonchev–Trinajstić information content (AvgIpc) is 3.03. The molecule has 8 heteroatoms. The summed E-state index contributed by atoms with van der Waals surface area (Å²) in [4.78, 5) is 28.7. The third-order valence-corrected chi connectivity index (χ3v) is 4.65. The second-order valence-electron chi connectivity index (χ2n) is 6.43. The highest BCUT2D eigenvalue weighted by Gasteiger charge is 2.41. The Morgan fingerprint density at radius 3 is 2.92 bits per heavy atom. The summed E-state index contributed by atoms with van der Waals surface area (Å²) in [6.45, 7) is 0.442. The molecule has 1 aliphatic heterocycles. The Morgan fingerprint density at radius 1 is 1.42 bits per heavy atom. The molecule has 4 N–H and O–H groups in total. The van der Waals surface area contributed by atoms with Gasteiger partial charge in [0.05, 0.1) is 6.42 Å². The lowest BCUT2D eigenvalue weighted by molar-refractivity contribution is -0.149. The van der Waals surface area contributed by atoms with Gasteiger partial charge in [-0.2, -0.15) is 0 Å². The number of rotatable bonds is 7. The molecule has 3 rings (SSSR count). The molecule has 0 saturated carbocycles. The van der Waals surface area contributed by atoms with Crippen molar-refractivity contribution in [1.82, 2.24) is 9.88 Å². The van der Waals surface area contributed by atoms with Crippen LogP contribution < -0.4 is 11.1 Å². The predicted molar refractivity (Wildman–Crippen MR) is 96.5 cm³/mol. The minimum atomic E-state index is -0.939. The summed E-state index contributed by atoms with van der Waals surface area (Å²) >= 11 is 0. The summed E-state index contributed by atoms with van der Waals surface area (Å²) in [7, 11) is 1.45. The first-order valence-corrected chi connectivity index (χ1v) is 8.38. The predicted octanol–water partition coefficient (Wildman–Crippen LogP) is 1.02. The van der Waals surface area contributed by atoms with E-state index in [0.29, 0.717) is 13.0 Å². The summed E-state index contributed by atoms with van der Waals surface area (Å²) in [5.41, 5.74) is 6.16. The van der Waals surface area contributed by atoms with Gasteiger partial charge < -0.3 is 20.9 Å². The van der Waals surface area contributed by atoms with Crippen molar-refractivity contribution in [2.45, 2.75) is 31.2 Å².